The molecule has 0 saturated carbocycles. The fourth-order valence-corrected chi connectivity index (χ4v) is 4.73. The Bertz CT molecular complexity index is 1230. The van der Waals surface area contributed by atoms with Crippen LogP contribution >= 0.6 is 11.8 Å². The summed E-state index contributed by atoms with van der Waals surface area (Å²) in [6.45, 7) is 3.68. The van der Waals surface area contributed by atoms with Gasteiger partial charge < -0.3 is 4.98 Å². The molecule has 0 amide bonds. The molecule has 0 unspecified atom stereocenters. The van der Waals surface area contributed by atoms with Crippen molar-refractivity contribution in [3.8, 4) is 6.07 Å². The minimum Gasteiger partial charge on any atom is -0.358 e. The molecular formula is C18H16N4O4S2. The Balaban J connectivity index is 2.06. The molecule has 8 nitrogen and oxygen atoms in total. The maximum Gasteiger partial charge on any atom is 0.284 e. The third-order valence-electron chi connectivity index (χ3n) is 4.15. The predicted octanol–water partition coefficient (Wildman–Crippen LogP) is 4.17. The number of sulfonamides is 1. The average Bonchev–Trinajstić information content (AvgIpc) is 3.09. The van der Waals surface area contributed by atoms with Crippen LogP contribution in [0.25, 0.3) is 10.9 Å². The van der Waals surface area contributed by atoms with Crippen molar-refractivity contribution in [3.05, 3.63) is 57.8 Å². The first-order chi connectivity index (χ1) is 13.3. The number of H-pyrrole nitrogens is 1. The molecule has 1 aromatic heterocycles. The van der Waals surface area contributed by atoms with E-state index < -0.39 is 14.9 Å². The molecule has 0 atom stereocenters. The highest BCUT2D eigenvalue weighted by molar-refractivity contribution is 7.99. The van der Waals surface area contributed by atoms with Crippen LogP contribution in [0.1, 0.15) is 18.1 Å². The van der Waals surface area contributed by atoms with Crippen LogP contribution in [-0.2, 0) is 10.0 Å². The number of nitrogens with zero attached hydrogens (tertiary/aromatic N) is 2. The van der Waals surface area contributed by atoms with E-state index in [2.05, 4.69) is 15.8 Å². The Labute approximate surface area is 165 Å². The molecule has 0 aliphatic carbocycles. The Morgan fingerprint density at radius 2 is 2.07 bits per heavy atom. The number of hydrogen-bond acceptors (Lipinski definition) is 6. The molecule has 0 aliphatic rings. The number of nitrogens with one attached hydrogen (secondary N) is 2. The van der Waals surface area contributed by atoms with Gasteiger partial charge in [0, 0.05) is 17.6 Å². The minimum atomic E-state index is -4.07. The highest BCUT2D eigenvalue weighted by Crippen LogP contribution is 2.33. The summed E-state index contributed by atoms with van der Waals surface area (Å²) in [4.78, 5) is 13.9. The summed E-state index contributed by atoms with van der Waals surface area (Å²) in [5.74, 6) is 0.626. The van der Waals surface area contributed by atoms with Crippen LogP contribution in [0, 0.1) is 28.4 Å². The molecule has 10 heteroatoms. The second-order valence-electron chi connectivity index (χ2n) is 5.92. The van der Waals surface area contributed by atoms with E-state index in [1.807, 2.05) is 13.8 Å². The van der Waals surface area contributed by atoms with Gasteiger partial charge in [0.25, 0.3) is 15.7 Å². The minimum absolute atomic E-state index is 0.208. The number of fused-ring (bicyclic) bond motifs is 1. The first-order valence-electron chi connectivity index (χ1n) is 8.23. The van der Waals surface area contributed by atoms with E-state index in [1.54, 1.807) is 12.1 Å². The average molecular weight is 416 g/mol. The number of benzene rings is 2. The molecule has 2 N–H and O–H groups in total. The number of anilines is 1. The van der Waals surface area contributed by atoms with Gasteiger partial charge in [-0.2, -0.15) is 5.26 Å². The van der Waals surface area contributed by atoms with E-state index in [9.17, 15) is 23.8 Å². The van der Waals surface area contributed by atoms with Gasteiger partial charge in [-0.3, -0.25) is 14.8 Å². The number of aromatic amines is 1. The quantitative estimate of drug-likeness (QED) is 0.352. The second-order valence-corrected chi connectivity index (χ2v) is 8.91. The lowest BCUT2D eigenvalue weighted by Gasteiger charge is -2.11. The van der Waals surface area contributed by atoms with E-state index in [-0.39, 0.29) is 16.3 Å². The van der Waals surface area contributed by atoms with Crippen LogP contribution in [0.2, 0.25) is 0 Å². The molecular weight excluding hydrogens is 400 g/mol. The maximum atomic E-state index is 12.8. The summed E-state index contributed by atoms with van der Waals surface area (Å²) < 4.78 is 28.1. The van der Waals surface area contributed by atoms with Gasteiger partial charge in [-0.05, 0) is 36.4 Å². The van der Waals surface area contributed by atoms with Crippen molar-refractivity contribution in [3.63, 3.8) is 0 Å². The first-order valence-corrected chi connectivity index (χ1v) is 10.7. The van der Waals surface area contributed by atoms with Gasteiger partial charge >= 0.3 is 0 Å². The van der Waals surface area contributed by atoms with Crippen molar-refractivity contribution in [2.45, 2.75) is 23.6 Å². The van der Waals surface area contributed by atoms with Crippen LogP contribution < -0.4 is 4.72 Å². The van der Waals surface area contributed by atoms with Crippen LogP contribution in [0.15, 0.2) is 46.3 Å². The summed E-state index contributed by atoms with van der Waals surface area (Å²) in [5, 5.41) is 21.2. The first kappa shape index (κ1) is 19.7. The molecule has 0 radical (unpaired) electrons. The van der Waals surface area contributed by atoms with E-state index in [0.717, 1.165) is 11.6 Å². The molecule has 28 heavy (non-hydrogen) atoms. The van der Waals surface area contributed by atoms with E-state index >= 15 is 0 Å². The highest BCUT2D eigenvalue weighted by atomic mass is 32.2. The number of thioether (sulfide) groups is 1. The SMILES string of the molecule is CCSc1ccc(S(=O)(=O)Nc2ccc(C)c3c(C#N)c[nH]c23)cc1[N+](=O)[O-]. The fourth-order valence-electron chi connectivity index (χ4n) is 2.88. The molecule has 1 heterocycles. The largest absolute Gasteiger partial charge is 0.358 e. The standard InChI is InChI=1S/C18H16N4O4S2/c1-3-27-16-7-5-13(8-15(16)22(23)24)28(25,26)21-14-6-4-11(2)17-12(9-19)10-20-18(14)17/h4-8,10,20-21H,3H2,1-2H3. The normalized spacial score (nSPS) is 11.3. The molecule has 2 aromatic carbocycles. The molecule has 3 aromatic rings. The van der Waals surface area contributed by atoms with Gasteiger partial charge in [-0.15, -0.1) is 11.8 Å². The van der Waals surface area contributed by atoms with Gasteiger partial charge in [0.1, 0.15) is 6.07 Å². The number of nitro benzene ring substituents is 1. The zero-order chi connectivity index (χ0) is 20.5. The number of aromatic nitrogens is 1. The van der Waals surface area contributed by atoms with E-state index in [4.69, 9.17) is 0 Å². The van der Waals surface area contributed by atoms with Crippen molar-refractivity contribution in [2.75, 3.05) is 10.5 Å². The van der Waals surface area contributed by atoms with Crippen LogP contribution in [0.5, 0.6) is 0 Å². The number of rotatable bonds is 6. The molecule has 0 aliphatic heterocycles. The van der Waals surface area contributed by atoms with Crippen molar-refractivity contribution < 1.29 is 13.3 Å². The molecule has 0 fully saturated rings. The predicted molar refractivity (Wildman–Crippen MR) is 108 cm³/mol. The summed E-state index contributed by atoms with van der Waals surface area (Å²) in [6, 6.07) is 9.19. The molecule has 0 bridgehead atoms. The molecule has 3 rings (SSSR count). The summed E-state index contributed by atoms with van der Waals surface area (Å²) in [6.07, 6.45) is 1.51. The zero-order valence-electron chi connectivity index (χ0n) is 15.0. The smallest absolute Gasteiger partial charge is 0.284 e. The summed E-state index contributed by atoms with van der Waals surface area (Å²) >= 11 is 1.27. The highest BCUT2D eigenvalue weighted by Gasteiger charge is 2.23. The monoisotopic (exact) mass is 416 g/mol. The lowest BCUT2D eigenvalue weighted by molar-refractivity contribution is -0.388. The van der Waals surface area contributed by atoms with Gasteiger partial charge in [0.15, 0.2) is 0 Å². The van der Waals surface area contributed by atoms with Crippen LogP contribution in [0.3, 0.4) is 0 Å². The third-order valence-corrected chi connectivity index (χ3v) is 6.45. The Hall–Kier alpha value is -3.03. The second kappa shape index (κ2) is 7.53. The van der Waals surface area contributed by atoms with E-state index in [0.29, 0.717) is 27.1 Å². The fraction of sp³-hybridized carbons (Fsp3) is 0.167. The van der Waals surface area contributed by atoms with Crippen LogP contribution in [-0.4, -0.2) is 24.1 Å². The Morgan fingerprint density at radius 3 is 2.71 bits per heavy atom. The molecule has 0 saturated heterocycles. The third kappa shape index (κ3) is 3.54. The van der Waals surface area contributed by atoms with Gasteiger partial charge in [0.05, 0.1) is 31.5 Å². The lowest BCUT2D eigenvalue weighted by Crippen LogP contribution is -2.13. The topological polar surface area (TPSA) is 129 Å². The summed E-state index contributed by atoms with van der Waals surface area (Å²) in [7, 11) is -4.07. The lowest BCUT2D eigenvalue weighted by atomic mass is 10.1. The van der Waals surface area contributed by atoms with Gasteiger partial charge in [-0.25, -0.2) is 8.42 Å². The zero-order valence-corrected chi connectivity index (χ0v) is 16.6. The van der Waals surface area contributed by atoms with Crippen molar-refractivity contribution in [1.29, 1.82) is 5.26 Å². The van der Waals surface area contributed by atoms with Crippen molar-refractivity contribution in [1.82, 2.24) is 4.98 Å². The Kier molecular flexibility index (Phi) is 5.31. The molecule has 0 spiro atoms. The van der Waals surface area contributed by atoms with Crippen molar-refractivity contribution >= 4 is 44.1 Å². The van der Waals surface area contributed by atoms with Crippen LogP contribution in [0.4, 0.5) is 11.4 Å². The van der Waals surface area contributed by atoms with E-state index in [1.165, 1.54) is 30.1 Å². The number of nitro groups is 1. The van der Waals surface area contributed by atoms with Gasteiger partial charge in [-0.1, -0.05) is 13.0 Å². The van der Waals surface area contributed by atoms with Gasteiger partial charge in [0.2, 0.25) is 0 Å². The summed E-state index contributed by atoms with van der Waals surface area (Å²) in [5.41, 5.74) is 1.72. The number of hydrogen-bond donors (Lipinski definition) is 2. The molecule has 144 valence electrons. The number of aryl methyl sites for hydroxylation is 1. The Morgan fingerprint density at radius 1 is 1.32 bits per heavy atom. The van der Waals surface area contributed by atoms with Crippen molar-refractivity contribution in [2.24, 2.45) is 0 Å². The maximum absolute atomic E-state index is 12.8. The number of nitriles is 1.